The molecular weight excluding hydrogens is 1270 g/mol. The standard InChI is InChI=1S/C78H152O17P2/c1-8-11-12-13-14-15-16-17-18-19-20-21-22-23-26-33-38-47-54-61-77(82)94-73(65-88-75(80)59-52-45-37-32-27-24-25-30-35-42-49-56-69(4)5)67-92-96(84,85)90-63-72(79)64-91-97(86,87)93-68-74(66-89-76(81)60-53-46-41-40-44-51-58-71(7)10-3)95-78(83)62-55-48-39-34-29-28-31-36-43-50-57-70(6)9-2/h69-74,79H,8-68H2,1-7H3,(H,84,85)(H,86,87)/t70?,71?,72-,73-,74-/m1/s1. The summed E-state index contributed by atoms with van der Waals surface area (Å²) in [6.45, 7) is 11.9. The Hall–Kier alpha value is -1.94. The molecule has 0 bridgehead atoms. The molecule has 3 N–H and O–H groups in total. The molecule has 17 nitrogen and oxygen atoms in total. The van der Waals surface area contributed by atoms with Crippen LogP contribution in [0, 0.1) is 17.8 Å². The fraction of sp³-hybridized carbons (Fsp3) is 0.949. The number of phosphoric acid groups is 2. The number of ether oxygens (including phenoxy) is 4. The van der Waals surface area contributed by atoms with Crippen molar-refractivity contribution in [2.45, 2.75) is 420 Å². The van der Waals surface area contributed by atoms with Crippen LogP contribution in [0.25, 0.3) is 0 Å². The Labute approximate surface area is 594 Å². The van der Waals surface area contributed by atoms with E-state index in [9.17, 15) is 43.2 Å². The largest absolute Gasteiger partial charge is 0.472 e. The molecule has 97 heavy (non-hydrogen) atoms. The van der Waals surface area contributed by atoms with Crippen molar-refractivity contribution in [3.8, 4) is 0 Å². The van der Waals surface area contributed by atoms with Crippen molar-refractivity contribution in [3.63, 3.8) is 0 Å². The lowest BCUT2D eigenvalue weighted by Gasteiger charge is -2.21. The van der Waals surface area contributed by atoms with E-state index >= 15 is 0 Å². The summed E-state index contributed by atoms with van der Waals surface area (Å²) in [5.41, 5.74) is 0. The van der Waals surface area contributed by atoms with E-state index in [0.29, 0.717) is 25.7 Å². The highest BCUT2D eigenvalue weighted by molar-refractivity contribution is 7.47. The molecule has 0 aromatic rings. The van der Waals surface area contributed by atoms with Gasteiger partial charge in [-0.1, -0.05) is 350 Å². The van der Waals surface area contributed by atoms with E-state index < -0.39 is 97.5 Å². The summed E-state index contributed by atoms with van der Waals surface area (Å²) in [6.07, 6.45) is 55.5. The Morgan fingerprint density at radius 3 is 0.784 bits per heavy atom. The minimum absolute atomic E-state index is 0.105. The number of aliphatic hydroxyl groups is 1. The van der Waals surface area contributed by atoms with Gasteiger partial charge in [0.15, 0.2) is 12.2 Å². The quantitative estimate of drug-likeness (QED) is 0.0222. The first-order valence-corrected chi connectivity index (χ1v) is 43.4. The maximum atomic E-state index is 13.1. The molecule has 0 saturated carbocycles. The first-order valence-electron chi connectivity index (χ1n) is 40.4. The Morgan fingerprint density at radius 2 is 0.526 bits per heavy atom. The molecule has 0 rings (SSSR count). The van der Waals surface area contributed by atoms with Gasteiger partial charge in [0.25, 0.3) is 0 Å². The van der Waals surface area contributed by atoms with E-state index in [4.69, 9.17) is 37.0 Å². The van der Waals surface area contributed by atoms with Gasteiger partial charge in [-0.2, -0.15) is 0 Å². The van der Waals surface area contributed by atoms with Crippen LogP contribution < -0.4 is 0 Å². The zero-order valence-corrected chi connectivity index (χ0v) is 65.3. The second kappa shape index (κ2) is 68.5. The lowest BCUT2D eigenvalue weighted by Crippen LogP contribution is -2.30. The lowest BCUT2D eigenvalue weighted by atomic mass is 9.99. The third-order valence-corrected chi connectivity index (χ3v) is 20.8. The summed E-state index contributed by atoms with van der Waals surface area (Å²) in [7, 11) is -9.92. The second-order valence-electron chi connectivity index (χ2n) is 29.1. The normalized spacial score (nSPS) is 14.6. The average Bonchev–Trinajstić information content (AvgIpc) is 1.59. The summed E-state index contributed by atoms with van der Waals surface area (Å²) in [6, 6.07) is 0. The molecule has 0 aromatic carbocycles. The van der Waals surface area contributed by atoms with Gasteiger partial charge in [0.1, 0.15) is 19.3 Å². The summed E-state index contributed by atoms with van der Waals surface area (Å²) >= 11 is 0. The minimum atomic E-state index is -4.96. The highest BCUT2D eigenvalue weighted by atomic mass is 31.2. The van der Waals surface area contributed by atoms with Crippen LogP contribution in [0.15, 0.2) is 0 Å². The van der Waals surface area contributed by atoms with E-state index in [1.807, 2.05) is 0 Å². The van der Waals surface area contributed by atoms with E-state index in [1.165, 1.54) is 205 Å². The molecule has 0 aliphatic rings. The smallest absolute Gasteiger partial charge is 0.462 e. The number of rotatable bonds is 76. The SMILES string of the molecule is CCCCCCCCCCCCCCCCCCCCCC(=O)O[C@H](COC(=O)CCCCCCCCCCCCCC(C)C)COP(=O)(O)OC[C@@H](O)COP(=O)(O)OC[C@@H](COC(=O)CCCCCCCCC(C)CC)OC(=O)CCCCCCCCCCCCC(C)CC. The highest BCUT2D eigenvalue weighted by Gasteiger charge is 2.30. The van der Waals surface area contributed by atoms with E-state index in [2.05, 4.69) is 48.5 Å². The van der Waals surface area contributed by atoms with E-state index in [-0.39, 0.29) is 25.7 Å². The number of hydrogen-bond donors (Lipinski definition) is 3. The molecule has 0 fully saturated rings. The fourth-order valence-electron chi connectivity index (χ4n) is 11.9. The highest BCUT2D eigenvalue weighted by Crippen LogP contribution is 2.45. The van der Waals surface area contributed by atoms with Crippen molar-refractivity contribution in [2.75, 3.05) is 39.6 Å². The van der Waals surface area contributed by atoms with Crippen LogP contribution in [0.2, 0.25) is 0 Å². The van der Waals surface area contributed by atoms with E-state index in [1.54, 1.807) is 0 Å². The van der Waals surface area contributed by atoms with Crippen molar-refractivity contribution in [3.05, 3.63) is 0 Å². The minimum Gasteiger partial charge on any atom is -0.462 e. The second-order valence-corrected chi connectivity index (χ2v) is 32.0. The topological polar surface area (TPSA) is 237 Å². The number of hydrogen-bond acceptors (Lipinski definition) is 15. The third-order valence-electron chi connectivity index (χ3n) is 18.9. The summed E-state index contributed by atoms with van der Waals surface area (Å²) in [5.74, 6) is 0.188. The van der Waals surface area contributed by atoms with Gasteiger partial charge < -0.3 is 33.8 Å². The summed E-state index contributed by atoms with van der Waals surface area (Å²) in [4.78, 5) is 72.9. The number of phosphoric ester groups is 2. The summed E-state index contributed by atoms with van der Waals surface area (Å²) < 4.78 is 68.6. The molecule has 7 atom stereocenters. The number of carbonyl (C=O) groups is 4. The fourth-order valence-corrected chi connectivity index (χ4v) is 13.5. The van der Waals surface area contributed by atoms with Gasteiger partial charge in [0.2, 0.25) is 0 Å². The molecule has 0 radical (unpaired) electrons. The van der Waals surface area contributed by atoms with Gasteiger partial charge in [0, 0.05) is 25.7 Å². The van der Waals surface area contributed by atoms with Crippen LogP contribution in [-0.4, -0.2) is 96.7 Å². The van der Waals surface area contributed by atoms with Gasteiger partial charge in [-0.15, -0.1) is 0 Å². The first-order chi connectivity index (χ1) is 46.8. The van der Waals surface area contributed by atoms with E-state index in [0.717, 1.165) is 114 Å². The predicted octanol–water partition coefficient (Wildman–Crippen LogP) is 23.0. The molecule has 0 aliphatic heterocycles. The monoisotopic (exact) mass is 1420 g/mol. The zero-order chi connectivity index (χ0) is 71.6. The molecule has 0 amide bonds. The number of aliphatic hydroxyl groups excluding tert-OH is 1. The summed E-state index contributed by atoms with van der Waals surface area (Å²) in [5, 5.41) is 10.6. The van der Waals surface area contributed by atoms with Crippen molar-refractivity contribution < 1.29 is 80.2 Å². The molecule has 0 heterocycles. The van der Waals surface area contributed by atoms with Crippen molar-refractivity contribution in [1.29, 1.82) is 0 Å². The van der Waals surface area contributed by atoms with Crippen LogP contribution in [0.4, 0.5) is 0 Å². The van der Waals surface area contributed by atoms with Crippen molar-refractivity contribution in [1.82, 2.24) is 0 Å². The number of esters is 4. The Kier molecular flexibility index (Phi) is 67.1. The maximum Gasteiger partial charge on any atom is 0.472 e. The zero-order valence-electron chi connectivity index (χ0n) is 63.5. The van der Waals surface area contributed by atoms with Gasteiger partial charge in [-0.25, -0.2) is 9.13 Å². The molecule has 4 unspecified atom stereocenters. The molecule has 0 aromatic heterocycles. The molecule has 0 aliphatic carbocycles. The predicted molar refractivity (Wildman–Crippen MR) is 395 cm³/mol. The van der Waals surface area contributed by atoms with Gasteiger partial charge >= 0.3 is 39.5 Å². The van der Waals surface area contributed by atoms with Crippen LogP contribution in [0.5, 0.6) is 0 Å². The lowest BCUT2D eigenvalue weighted by molar-refractivity contribution is -0.161. The molecule has 576 valence electrons. The molecular formula is C78H152O17P2. The van der Waals surface area contributed by atoms with Crippen molar-refractivity contribution >= 4 is 39.5 Å². The Balaban J connectivity index is 5.25. The number of carbonyl (C=O) groups excluding carboxylic acids is 4. The van der Waals surface area contributed by atoms with Gasteiger partial charge in [-0.05, 0) is 43.4 Å². The van der Waals surface area contributed by atoms with Crippen LogP contribution in [-0.2, 0) is 65.4 Å². The Morgan fingerprint density at radius 1 is 0.299 bits per heavy atom. The Bertz CT molecular complexity index is 1890. The molecule has 19 heteroatoms. The van der Waals surface area contributed by atoms with Crippen LogP contribution in [0.3, 0.4) is 0 Å². The third kappa shape index (κ3) is 69.5. The average molecular weight is 1420 g/mol. The molecule has 0 spiro atoms. The van der Waals surface area contributed by atoms with Gasteiger partial charge in [-0.3, -0.25) is 37.3 Å². The molecule has 0 saturated heterocycles. The number of unbranched alkanes of at least 4 members (excludes halogenated alkanes) is 42. The van der Waals surface area contributed by atoms with Crippen molar-refractivity contribution in [2.24, 2.45) is 17.8 Å². The van der Waals surface area contributed by atoms with Gasteiger partial charge in [0.05, 0.1) is 26.4 Å². The first kappa shape index (κ1) is 95.1. The van der Waals surface area contributed by atoms with Crippen LogP contribution in [0.1, 0.15) is 402 Å². The maximum absolute atomic E-state index is 13.1. The van der Waals surface area contributed by atoms with Crippen LogP contribution >= 0.6 is 15.6 Å².